The molecule has 1 aromatic carbocycles. The van der Waals surface area contributed by atoms with E-state index in [1.807, 2.05) is 0 Å². The van der Waals surface area contributed by atoms with Gasteiger partial charge in [0, 0.05) is 5.92 Å². The first-order valence-electron chi connectivity index (χ1n) is 7.86. The van der Waals surface area contributed by atoms with Gasteiger partial charge in [0.2, 0.25) is 6.08 Å². The maximum Gasteiger partial charge on any atom is 0.234 e. The predicted molar refractivity (Wildman–Crippen MR) is 82.8 cm³/mol. The van der Waals surface area contributed by atoms with E-state index in [1.54, 1.807) is 6.08 Å². The molecule has 0 aromatic heterocycles. The molecule has 0 spiro atoms. The third-order valence-electron chi connectivity index (χ3n) is 4.60. The molecule has 1 fully saturated rings. The molecule has 0 aliphatic heterocycles. The Bertz CT molecular complexity index is 451. The summed E-state index contributed by atoms with van der Waals surface area (Å²) in [4.78, 5) is 14.1. The minimum Gasteiger partial charge on any atom is -0.211 e. The molecule has 1 aromatic rings. The molecule has 0 heterocycles. The van der Waals surface area contributed by atoms with E-state index in [9.17, 15) is 4.79 Å². The largest absolute Gasteiger partial charge is 0.234 e. The molecular weight excluding hydrogens is 246 g/mol. The zero-order valence-electron chi connectivity index (χ0n) is 12.6. The summed E-state index contributed by atoms with van der Waals surface area (Å²) in [6, 6.07) is 9.03. The Morgan fingerprint density at radius 1 is 1.15 bits per heavy atom. The van der Waals surface area contributed by atoms with Crippen LogP contribution in [0.15, 0.2) is 29.3 Å². The van der Waals surface area contributed by atoms with Gasteiger partial charge in [0.05, 0.1) is 6.54 Å². The summed E-state index contributed by atoms with van der Waals surface area (Å²) in [5.74, 6) is 1.55. The third kappa shape index (κ3) is 3.80. The Morgan fingerprint density at radius 3 is 2.35 bits per heavy atom. The van der Waals surface area contributed by atoms with E-state index in [4.69, 9.17) is 0 Å². The second-order valence-electron chi connectivity index (χ2n) is 6.28. The molecule has 2 nitrogen and oxygen atoms in total. The van der Waals surface area contributed by atoms with Gasteiger partial charge in [-0.3, -0.25) is 0 Å². The van der Waals surface area contributed by atoms with E-state index < -0.39 is 0 Å². The van der Waals surface area contributed by atoms with Crippen molar-refractivity contribution in [3.63, 3.8) is 0 Å². The van der Waals surface area contributed by atoms with Crippen molar-refractivity contribution >= 4 is 6.08 Å². The summed E-state index contributed by atoms with van der Waals surface area (Å²) < 4.78 is 0. The van der Waals surface area contributed by atoms with Gasteiger partial charge in [0.15, 0.2) is 0 Å². The summed E-state index contributed by atoms with van der Waals surface area (Å²) >= 11 is 0. The smallest absolute Gasteiger partial charge is 0.211 e. The maximum absolute atomic E-state index is 10.3. The van der Waals surface area contributed by atoms with Gasteiger partial charge in [-0.15, -0.1) is 0 Å². The highest BCUT2D eigenvalue weighted by Gasteiger charge is 2.18. The Hall–Kier alpha value is -1.40. The van der Waals surface area contributed by atoms with Crippen LogP contribution in [0, 0.1) is 5.92 Å². The number of rotatable bonds is 5. The summed E-state index contributed by atoms with van der Waals surface area (Å²) in [7, 11) is 0. The highest BCUT2D eigenvalue weighted by molar-refractivity contribution is 5.34. The van der Waals surface area contributed by atoms with Crippen LogP contribution in [0.1, 0.15) is 68.9 Å². The second-order valence-corrected chi connectivity index (χ2v) is 6.28. The quantitative estimate of drug-likeness (QED) is 0.558. The highest BCUT2D eigenvalue weighted by Crippen LogP contribution is 2.33. The van der Waals surface area contributed by atoms with Gasteiger partial charge in [-0.2, -0.15) is 0 Å². The van der Waals surface area contributed by atoms with Gasteiger partial charge in [0.1, 0.15) is 0 Å². The van der Waals surface area contributed by atoms with Gasteiger partial charge in [-0.1, -0.05) is 57.4 Å². The topological polar surface area (TPSA) is 29.4 Å². The molecular formula is C18H25NO. The fourth-order valence-corrected chi connectivity index (χ4v) is 3.29. The highest BCUT2D eigenvalue weighted by atomic mass is 16.1. The van der Waals surface area contributed by atoms with E-state index in [2.05, 4.69) is 43.1 Å². The van der Waals surface area contributed by atoms with E-state index in [-0.39, 0.29) is 0 Å². The zero-order chi connectivity index (χ0) is 14.4. The van der Waals surface area contributed by atoms with Crippen LogP contribution >= 0.6 is 0 Å². The van der Waals surface area contributed by atoms with Crippen LogP contribution in [0.5, 0.6) is 0 Å². The Morgan fingerprint density at radius 2 is 1.80 bits per heavy atom. The first kappa shape index (κ1) is 15.0. The molecule has 0 amide bonds. The van der Waals surface area contributed by atoms with Crippen LogP contribution in [0.2, 0.25) is 0 Å². The molecule has 0 N–H and O–H groups in total. The van der Waals surface area contributed by atoms with E-state index in [0.29, 0.717) is 18.4 Å². The lowest BCUT2D eigenvalue weighted by Gasteiger charge is -2.23. The summed E-state index contributed by atoms with van der Waals surface area (Å²) in [5.41, 5.74) is 2.77. The molecule has 20 heavy (non-hydrogen) atoms. The molecule has 0 radical (unpaired) electrons. The number of aliphatic imine (C=N–C) groups is 1. The second kappa shape index (κ2) is 7.40. The van der Waals surface area contributed by atoms with Crippen molar-refractivity contribution < 1.29 is 4.79 Å². The molecule has 1 aliphatic rings. The monoisotopic (exact) mass is 271 g/mol. The van der Waals surface area contributed by atoms with E-state index >= 15 is 0 Å². The Balaban J connectivity index is 2.10. The Labute approximate surface area is 122 Å². The van der Waals surface area contributed by atoms with Crippen LogP contribution < -0.4 is 0 Å². The third-order valence-corrected chi connectivity index (χ3v) is 4.60. The number of hydrogen-bond acceptors (Lipinski definition) is 2. The molecule has 1 saturated carbocycles. The van der Waals surface area contributed by atoms with Crippen molar-refractivity contribution in [1.82, 2.24) is 0 Å². The van der Waals surface area contributed by atoms with Gasteiger partial charge < -0.3 is 0 Å². The fourth-order valence-electron chi connectivity index (χ4n) is 3.29. The zero-order valence-corrected chi connectivity index (χ0v) is 12.6. The van der Waals surface area contributed by atoms with Crippen molar-refractivity contribution in [3.8, 4) is 0 Å². The molecule has 2 heteroatoms. The van der Waals surface area contributed by atoms with Crippen molar-refractivity contribution in [2.75, 3.05) is 6.54 Å². The molecule has 108 valence electrons. The fraction of sp³-hybridized carbons (Fsp3) is 0.611. The van der Waals surface area contributed by atoms with Gasteiger partial charge in [-0.05, 0) is 35.8 Å². The lowest BCUT2D eigenvalue weighted by Crippen LogP contribution is -2.11. The van der Waals surface area contributed by atoms with Gasteiger partial charge >= 0.3 is 0 Å². The molecule has 2 rings (SSSR count). The first-order chi connectivity index (χ1) is 9.72. The van der Waals surface area contributed by atoms with Crippen LogP contribution in [-0.2, 0) is 4.79 Å². The lowest BCUT2D eigenvalue weighted by molar-refractivity contribution is 0.443. The van der Waals surface area contributed by atoms with Crippen molar-refractivity contribution in [2.24, 2.45) is 10.9 Å². The Kier molecular flexibility index (Phi) is 5.55. The number of carbonyl (C=O) groups excluding carboxylic acids is 1. The number of nitrogens with zero attached hydrogens (tertiary/aromatic N) is 1. The van der Waals surface area contributed by atoms with Gasteiger partial charge in [-0.25, -0.2) is 9.79 Å². The first-order valence-corrected chi connectivity index (χ1v) is 7.86. The van der Waals surface area contributed by atoms with Crippen LogP contribution in [0.25, 0.3) is 0 Å². The minimum absolute atomic E-state index is 0.317. The molecule has 1 unspecified atom stereocenters. The van der Waals surface area contributed by atoms with Gasteiger partial charge in [0.25, 0.3) is 0 Å². The molecule has 1 atom stereocenters. The molecule has 0 saturated heterocycles. The minimum atomic E-state index is 0.317. The molecule has 0 bridgehead atoms. The van der Waals surface area contributed by atoms with E-state index in [1.165, 1.54) is 43.2 Å². The predicted octanol–water partition coefficient (Wildman–Crippen LogP) is 4.81. The van der Waals surface area contributed by atoms with Crippen molar-refractivity contribution in [3.05, 3.63) is 35.4 Å². The van der Waals surface area contributed by atoms with Crippen LogP contribution in [-0.4, -0.2) is 12.6 Å². The van der Waals surface area contributed by atoms with Crippen molar-refractivity contribution in [2.45, 2.75) is 57.8 Å². The van der Waals surface area contributed by atoms with Crippen molar-refractivity contribution in [1.29, 1.82) is 0 Å². The summed E-state index contributed by atoms with van der Waals surface area (Å²) in [5, 5.41) is 0. The average molecular weight is 271 g/mol. The number of isocyanates is 1. The number of hydrogen-bond donors (Lipinski definition) is 0. The summed E-state index contributed by atoms with van der Waals surface area (Å²) in [6.07, 6.45) is 8.47. The summed E-state index contributed by atoms with van der Waals surface area (Å²) in [6.45, 7) is 4.91. The maximum atomic E-state index is 10.3. The van der Waals surface area contributed by atoms with E-state index in [0.717, 1.165) is 5.92 Å². The standard InChI is InChI=1S/C18H25NO/c1-14(2)18(12-19-13-20)17-10-8-16(9-11-17)15-6-4-3-5-7-15/h8-11,14-15,18H,3-7,12H2,1-2H3. The average Bonchev–Trinajstić information content (AvgIpc) is 2.49. The van der Waals surface area contributed by atoms with Crippen LogP contribution in [0.4, 0.5) is 0 Å². The lowest BCUT2D eigenvalue weighted by atomic mass is 9.82. The van der Waals surface area contributed by atoms with Crippen LogP contribution in [0.3, 0.4) is 0 Å². The SMILES string of the molecule is CC(C)C(CN=C=O)c1ccc(C2CCCCC2)cc1. The number of benzene rings is 1. The normalized spacial score (nSPS) is 17.8. The molecule has 1 aliphatic carbocycles.